The van der Waals surface area contributed by atoms with Gasteiger partial charge in [0.15, 0.2) is 0 Å². The fourth-order valence-electron chi connectivity index (χ4n) is 1.28. The van der Waals surface area contributed by atoms with Crippen molar-refractivity contribution in [3.05, 3.63) is 34.3 Å². The average Bonchev–Trinajstić information content (AvgIpc) is 2.27. The quantitative estimate of drug-likeness (QED) is 0.482. The molecule has 98 valence electrons. The van der Waals surface area contributed by atoms with Gasteiger partial charge in [-0.1, -0.05) is 17.7 Å². The highest BCUT2D eigenvalue weighted by Gasteiger charge is 2.27. The number of halogens is 3. The van der Waals surface area contributed by atoms with E-state index in [1.807, 2.05) is 0 Å². The summed E-state index contributed by atoms with van der Waals surface area (Å²) in [7, 11) is 0. The number of ether oxygens (including phenoxy) is 1. The molecule has 0 atom stereocenters. The normalized spacial score (nSPS) is 11.2. The van der Waals surface area contributed by atoms with Gasteiger partial charge in [0.1, 0.15) is 0 Å². The zero-order valence-electron chi connectivity index (χ0n) is 9.80. The highest BCUT2D eigenvalue weighted by atomic mass is 35.5. The minimum Gasteiger partial charge on any atom is -0.460 e. The lowest BCUT2D eigenvalue weighted by molar-refractivity contribution is -0.137. The number of hydrogen-bond donors (Lipinski definition) is 0. The molecule has 0 radical (unpaired) electrons. The fourth-order valence-corrected chi connectivity index (χ4v) is 1.55. The van der Waals surface area contributed by atoms with Gasteiger partial charge in [-0.3, -0.25) is 4.79 Å². The van der Waals surface area contributed by atoms with E-state index in [0.717, 1.165) is 18.2 Å². The molecule has 1 aromatic carbocycles. The lowest BCUT2D eigenvalue weighted by Gasteiger charge is -2.12. The Bertz CT molecular complexity index is 481. The molecule has 0 aromatic heterocycles. The second kappa shape index (κ2) is 5.44. The Hall–Kier alpha value is -1.49. The van der Waals surface area contributed by atoms with Gasteiger partial charge >= 0.3 is 5.97 Å². The smallest absolute Gasteiger partial charge is 0.379 e. The summed E-state index contributed by atoms with van der Waals surface area (Å²) in [5.41, 5.74) is -0.476. The number of hydrogen-bond acceptors (Lipinski definition) is 3. The molecule has 0 unspecified atom stereocenters. The van der Waals surface area contributed by atoms with Crippen LogP contribution in [0.25, 0.3) is 0 Å². The monoisotopic (exact) mass is 276 g/mol. The van der Waals surface area contributed by atoms with Crippen LogP contribution in [0.1, 0.15) is 29.8 Å². The third kappa shape index (κ3) is 3.26. The second-order valence-electron chi connectivity index (χ2n) is 3.63. The van der Waals surface area contributed by atoms with Crippen molar-refractivity contribution in [2.45, 2.75) is 19.8 Å². The summed E-state index contributed by atoms with van der Waals surface area (Å²) in [5, 5.41) is -0.202. The predicted octanol–water partition coefficient (Wildman–Crippen LogP) is 3.20. The first-order valence-corrected chi connectivity index (χ1v) is 5.54. The van der Waals surface area contributed by atoms with Crippen molar-refractivity contribution >= 4 is 23.4 Å². The topological polar surface area (TPSA) is 43.4 Å². The molecule has 0 aliphatic carbocycles. The predicted molar refractivity (Wildman–Crippen MR) is 62.0 cm³/mol. The molecule has 0 saturated heterocycles. The van der Waals surface area contributed by atoms with Gasteiger partial charge in [-0.15, -0.1) is 0 Å². The maximum Gasteiger partial charge on any atom is 0.379 e. The largest absolute Gasteiger partial charge is 0.460 e. The zero-order chi connectivity index (χ0) is 13.9. The molecule has 3 nitrogen and oxygen atoms in total. The highest BCUT2D eigenvalue weighted by molar-refractivity contribution is 6.45. The third-order valence-electron chi connectivity index (χ3n) is 2.18. The molecule has 6 heteroatoms. The van der Waals surface area contributed by atoms with Gasteiger partial charge in [0.2, 0.25) is 0 Å². The summed E-state index contributed by atoms with van der Waals surface area (Å²) in [6.07, 6.45) is 0. The van der Waals surface area contributed by atoms with E-state index in [0.29, 0.717) is 6.92 Å². The van der Waals surface area contributed by atoms with Crippen LogP contribution in [-0.2, 0) is 15.5 Å². The van der Waals surface area contributed by atoms with Gasteiger partial charge in [-0.25, -0.2) is 13.6 Å². The molecule has 0 spiro atoms. The summed E-state index contributed by atoms with van der Waals surface area (Å²) >= 11 is 5.71. The van der Waals surface area contributed by atoms with Crippen LogP contribution in [-0.4, -0.2) is 18.4 Å². The van der Waals surface area contributed by atoms with E-state index in [9.17, 15) is 18.4 Å². The Morgan fingerprint density at radius 3 is 2.44 bits per heavy atom. The number of esters is 1. The summed E-state index contributed by atoms with van der Waals surface area (Å²) in [6.45, 7) is 2.31. The third-order valence-corrected chi connectivity index (χ3v) is 2.49. The number of alkyl halides is 2. The first-order valence-electron chi connectivity index (χ1n) is 5.16. The van der Waals surface area contributed by atoms with Crippen LogP contribution >= 0.6 is 11.6 Å². The van der Waals surface area contributed by atoms with Crippen molar-refractivity contribution in [3.8, 4) is 0 Å². The Morgan fingerprint density at radius 1 is 1.39 bits per heavy atom. The summed E-state index contributed by atoms with van der Waals surface area (Å²) in [6, 6.07) is 3.11. The molecule has 0 fully saturated rings. The Morgan fingerprint density at radius 2 is 2.00 bits per heavy atom. The van der Waals surface area contributed by atoms with Crippen LogP contribution in [0.4, 0.5) is 8.78 Å². The van der Waals surface area contributed by atoms with Crippen molar-refractivity contribution in [1.82, 2.24) is 0 Å². The molecular weight excluding hydrogens is 266 g/mol. The van der Waals surface area contributed by atoms with Crippen LogP contribution < -0.4 is 0 Å². The van der Waals surface area contributed by atoms with Crippen molar-refractivity contribution in [2.75, 3.05) is 6.61 Å². The Balaban J connectivity index is 3.07. The number of ketones is 1. The maximum absolute atomic E-state index is 13.0. The molecular formula is C12H11ClF2O3. The second-order valence-corrected chi connectivity index (χ2v) is 4.04. The molecule has 0 amide bonds. The fraction of sp³-hybridized carbons (Fsp3) is 0.333. The first kappa shape index (κ1) is 14.6. The molecule has 1 rings (SSSR count). The van der Waals surface area contributed by atoms with Crippen LogP contribution in [0.15, 0.2) is 18.2 Å². The van der Waals surface area contributed by atoms with Crippen molar-refractivity contribution < 1.29 is 23.1 Å². The molecule has 0 saturated carbocycles. The highest BCUT2D eigenvalue weighted by Crippen LogP contribution is 2.30. The van der Waals surface area contributed by atoms with E-state index in [2.05, 4.69) is 4.74 Å². The first-order chi connectivity index (χ1) is 8.27. The Kier molecular flexibility index (Phi) is 4.40. The van der Waals surface area contributed by atoms with Crippen molar-refractivity contribution in [2.24, 2.45) is 0 Å². The van der Waals surface area contributed by atoms with Crippen LogP contribution in [0, 0.1) is 0 Å². The van der Waals surface area contributed by atoms with E-state index >= 15 is 0 Å². The molecule has 0 bridgehead atoms. The molecule has 18 heavy (non-hydrogen) atoms. The van der Waals surface area contributed by atoms with E-state index < -0.39 is 17.7 Å². The lowest BCUT2D eigenvalue weighted by atomic mass is 10.0. The maximum atomic E-state index is 13.0. The molecule has 0 heterocycles. The standard InChI is InChI=1S/C12H11ClF2O3/c1-3-18-11(17)10(16)8-5-4-7(6-9(8)13)12(2,14)15/h4-6H,3H2,1-2H3. The van der Waals surface area contributed by atoms with Gasteiger partial charge in [0.05, 0.1) is 11.6 Å². The summed E-state index contributed by atoms with van der Waals surface area (Å²) in [4.78, 5) is 22.8. The number of carbonyl (C=O) groups is 2. The zero-order valence-corrected chi connectivity index (χ0v) is 10.6. The average molecular weight is 277 g/mol. The molecule has 0 aliphatic heterocycles. The van der Waals surface area contributed by atoms with Gasteiger partial charge in [0.25, 0.3) is 11.7 Å². The number of Topliss-reactive ketones (excluding diaryl/α,β-unsaturated/α-hetero) is 1. The number of carbonyl (C=O) groups excluding carboxylic acids is 2. The summed E-state index contributed by atoms with van der Waals surface area (Å²) < 4.78 is 30.5. The van der Waals surface area contributed by atoms with Crippen molar-refractivity contribution in [3.63, 3.8) is 0 Å². The van der Waals surface area contributed by atoms with E-state index in [1.54, 1.807) is 6.92 Å². The van der Waals surface area contributed by atoms with Gasteiger partial charge < -0.3 is 4.74 Å². The van der Waals surface area contributed by atoms with Crippen LogP contribution in [0.5, 0.6) is 0 Å². The number of benzene rings is 1. The Labute approximate surface area is 108 Å². The SMILES string of the molecule is CCOC(=O)C(=O)c1ccc(C(C)(F)F)cc1Cl. The molecule has 1 aromatic rings. The van der Waals surface area contributed by atoms with Crippen molar-refractivity contribution in [1.29, 1.82) is 0 Å². The van der Waals surface area contributed by atoms with E-state index in [1.165, 1.54) is 0 Å². The van der Waals surface area contributed by atoms with Crippen LogP contribution in [0.3, 0.4) is 0 Å². The summed E-state index contributed by atoms with van der Waals surface area (Å²) in [5.74, 6) is -5.07. The lowest BCUT2D eigenvalue weighted by Crippen LogP contribution is -2.18. The minimum absolute atomic E-state index is 0.0489. The van der Waals surface area contributed by atoms with Crippen LogP contribution in [0.2, 0.25) is 5.02 Å². The number of rotatable bonds is 4. The van der Waals surface area contributed by atoms with Gasteiger partial charge in [-0.2, -0.15) is 0 Å². The van der Waals surface area contributed by atoms with E-state index in [-0.39, 0.29) is 22.8 Å². The molecule has 0 N–H and O–H groups in total. The van der Waals surface area contributed by atoms with E-state index in [4.69, 9.17) is 11.6 Å². The van der Waals surface area contributed by atoms with Gasteiger partial charge in [-0.05, 0) is 19.1 Å². The molecule has 0 aliphatic rings. The van der Waals surface area contributed by atoms with Gasteiger partial charge in [0, 0.05) is 18.1 Å². The minimum atomic E-state index is -3.06.